The fourth-order valence-electron chi connectivity index (χ4n) is 15.2. The lowest BCUT2D eigenvalue weighted by Crippen LogP contribution is -2.64. The van der Waals surface area contributed by atoms with Crippen LogP contribution >= 0.6 is 0 Å². The van der Waals surface area contributed by atoms with Gasteiger partial charge in [-0.2, -0.15) is 0 Å². The van der Waals surface area contributed by atoms with Gasteiger partial charge >= 0.3 is 0 Å². The summed E-state index contributed by atoms with van der Waals surface area (Å²) in [6.07, 6.45) is 2.67. The molecule has 0 aliphatic carbocycles. The molecule has 0 saturated carbocycles. The molecule has 30 heteroatoms. The topological polar surface area (TPSA) is 375 Å². The quantitative estimate of drug-likeness (QED) is 0.0631. The number of aromatic nitrogens is 1. The number of aryl methyl sites for hydroxylation is 1. The molecule has 11 atom stereocenters. The van der Waals surface area contributed by atoms with Gasteiger partial charge in [0.2, 0.25) is 70.9 Å². The monoisotopic (exact) mass is 1540 g/mol. The van der Waals surface area contributed by atoms with Gasteiger partial charge in [-0.25, -0.2) is 4.39 Å². The number of hydrogen-bond donors (Lipinski definition) is 11. The number of benzene rings is 4. The highest BCUT2D eigenvalue weighted by molar-refractivity contribution is 6.00. The van der Waals surface area contributed by atoms with E-state index >= 15 is 33.2 Å². The lowest BCUT2D eigenvalue weighted by Gasteiger charge is -2.37. The first-order valence-electron chi connectivity index (χ1n) is 38.7. The Morgan fingerprint density at radius 2 is 1.41 bits per heavy atom. The fraction of sp³-hybridized carbons (Fsp3) is 0.531. The normalized spacial score (nSPS) is 25.5. The van der Waals surface area contributed by atoms with Crippen LogP contribution in [0.2, 0.25) is 0 Å². The van der Waals surface area contributed by atoms with E-state index in [1.54, 1.807) is 67.7 Å². The van der Waals surface area contributed by atoms with Gasteiger partial charge in [-0.05, 0) is 142 Å². The van der Waals surface area contributed by atoms with Gasteiger partial charge in [0.1, 0.15) is 66.0 Å². The molecule has 7 heterocycles. The fourth-order valence-corrected chi connectivity index (χ4v) is 15.2. The van der Waals surface area contributed by atoms with Crippen LogP contribution in [-0.4, -0.2) is 222 Å². The number of rotatable bonds is 12. The van der Waals surface area contributed by atoms with Crippen LogP contribution in [0.5, 0.6) is 5.75 Å². The lowest BCUT2D eigenvalue weighted by atomic mass is 9.95. The van der Waals surface area contributed by atoms with E-state index in [9.17, 15) is 33.9 Å². The second-order valence-corrected chi connectivity index (χ2v) is 31.2. The molecule has 29 nitrogen and oxygen atoms in total. The van der Waals surface area contributed by atoms with Crippen molar-refractivity contribution in [2.75, 3.05) is 67.6 Å². The highest BCUT2D eigenvalue weighted by Gasteiger charge is 2.50. The minimum atomic E-state index is -1.85. The SMILES string of the molecule is COc1ccc(C[C@@H]2NC(=O)[C@H]([C@@H](C)O)NC(=O)[C@@H]3[C@@H]4CCN3C(=O)[C@@H]3Cc5cn(c6ccc(F)cc56)CCCCC[C@@H](NC(=O)CCC(=O)N[C@@H](C)C(=O)N[C@H](CNC(=O)CCCCC[N+](C)(C)C)C(=O)N[C@@H](Cc5cccc(c5)CNC(=O)CO4)C(=O)N3)c3ccc(cc3)CCNC(=O)[C@]3(C)CCCN3C2=O)cc1. The zero-order chi connectivity index (χ0) is 79.7. The van der Waals surface area contributed by atoms with Crippen molar-refractivity contribution in [3.05, 3.63) is 136 Å². The van der Waals surface area contributed by atoms with Gasteiger partial charge < -0.3 is 86.6 Å². The van der Waals surface area contributed by atoms with E-state index in [4.69, 9.17) is 9.47 Å². The van der Waals surface area contributed by atoms with Gasteiger partial charge in [0, 0.05) is 94.9 Å². The Labute approximate surface area is 646 Å². The van der Waals surface area contributed by atoms with Gasteiger partial charge in [0.15, 0.2) is 0 Å². The molecule has 0 radical (unpaired) electrons. The number of nitrogens with one attached hydrogen (secondary N) is 10. The standard InChI is InChI=1S/C81H107FN14O15/c1-49-73(102)91-64(46-85-67(98)19-11-9-13-39-96(4,5)6)75(104)88-61-42-53-16-14-17-54(40-53)45-84-70(101)48-111-66-33-38-94-72(66)77(106)92-71(50(2)97)76(105)90-62(41-52-22-27-58(110-7)28-23-52)79(108)95-37-15-34-81(95,3)80(109)83-35-32-51-20-24-55(25-21-51)60(87-69(100)31-30-68(99)86-49)18-10-8-12-36-93-47-56(43-63(78(94)107)89-74(61)103)59-44-57(82)26-29-65(59)93/h14,16-17,20-29,40,44,47,49-50,60-64,66,71-72,97H,8-13,15,18-19,30-39,41-43,45-46,48H2,1-7H3,(H9-,83,84,85,86,87,88,89,90,91,92,98,99,100,101,102,103,104,105,106,109)/p+1/t49-,50+,60+,61-,62-,63-,64+,66-,71-,72-,81-/m0/s1. The Bertz CT molecular complexity index is 4200. The molecule has 2 saturated heterocycles. The summed E-state index contributed by atoms with van der Waals surface area (Å²) in [5, 5.41) is 40.2. The Morgan fingerprint density at radius 1 is 0.676 bits per heavy atom. The molecule has 0 unspecified atom stereocenters. The summed E-state index contributed by atoms with van der Waals surface area (Å²) in [6, 6.07) is 13.4. The second kappa shape index (κ2) is 38.1. The third-order valence-electron chi connectivity index (χ3n) is 21.5. The molecule has 598 valence electrons. The summed E-state index contributed by atoms with van der Waals surface area (Å²) < 4.78 is 30.2. The number of quaternary nitrogens is 1. The minimum absolute atomic E-state index is 0.0765. The zero-order valence-electron chi connectivity index (χ0n) is 64.5. The Morgan fingerprint density at radius 3 is 2.14 bits per heavy atom. The van der Waals surface area contributed by atoms with Gasteiger partial charge in [0.05, 0.1) is 53.0 Å². The first-order chi connectivity index (χ1) is 53.0. The lowest BCUT2D eigenvalue weighted by molar-refractivity contribution is -0.870. The summed E-state index contributed by atoms with van der Waals surface area (Å²) in [5.74, 6) is -9.17. The van der Waals surface area contributed by atoms with Crippen molar-refractivity contribution in [1.82, 2.24) is 67.5 Å². The average Bonchev–Trinajstić information content (AvgIpc) is 1.62. The van der Waals surface area contributed by atoms with Crippen molar-refractivity contribution in [2.45, 2.75) is 209 Å². The van der Waals surface area contributed by atoms with Crippen LogP contribution in [0.1, 0.15) is 144 Å². The molecule has 5 aromatic rings. The number of fused-ring (bicyclic) bond motifs is 16. The molecule has 111 heavy (non-hydrogen) atoms. The van der Waals surface area contributed by atoms with E-state index in [1.807, 2.05) is 28.8 Å². The van der Waals surface area contributed by atoms with Gasteiger partial charge in [-0.1, -0.05) is 73.5 Å². The van der Waals surface area contributed by atoms with E-state index in [1.165, 1.54) is 38.0 Å². The number of carbonyl (C=O) groups is 12. The van der Waals surface area contributed by atoms with Crippen molar-refractivity contribution in [3.8, 4) is 5.75 Å². The molecular weight excluding hydrogens is 1430 g/mol. The van der Waals surface area contributed by atoms with E-state index in [0.29, 0.717) is 90.4 Å². The van der Waals surface area contributed by atoms with Gasteiger partial charge in [-0.3, -0.25) is 57.5 Å². The largest absolute Gasteiger partial charge is 0.497 e. The summed E-state index contributed by atoms with van der Waals surface area (Å²) in [5.41, 5.74) is 2.69. The highest BCUT2D eigenvalue weighted by atomic mass is 19.1. The average molecular weight is 1540 g/mol. The maximum Gasteiger partial charge on any atom is 0.246 e. The Balaban J connectivity index is 1.08. The summed E-state index contributed by atoms with van der Waals surface area (Å²) in [4.78, 5) is 180. The number of halogens is 1. The molecule has 1 aromatic heterocycles. The van der Waals surface area contributed by atoms with E-state index in [0.717, 1.165) is 39.9 Å². The van der Waals surface area contributed by atoms with E-state index in [2.05, 4.69) is 74.3 Å². The number of methoxy groups -OCH3 is 1. The van der Waals surface area contributed by atoms with Crippen LogP contribution in [0.25, 0.3) is 10.9 Å². The van der Waals surface area contributed by atoms with Crippen LogP contribution in [0.15, 0.2) is 97.2 Å². The number of amides is 12. The first kappa shape index (κ1) is 83.1. The van der Waals surface area contributed by atoms with Crippen molar-refractivity contribution in [1.29, 1.82) is 0 Å². The number of aliphatic hydroxyl groups is 1. The van der Waals surface area contributed by atoms with Crippen LogP contribution in [-0.2, 0) is 101 Å². The van der Waals surface area contributed by atoms with E-state index in [-0.39, 0.29) is 77.5 Å². The van der Waals surface area contributed by atoms with Gasteiger partial charge in [0.25, 0.3) is 0 Å². The van der Waals surface area contributed by atoms with Crippen molar-refractivity contribution < 1.29 is 81.0 Å². The minimum Gasteiger partial charge on any atom is -0.497 e. The number of nitrogens with zero attached hydrogens (tertiary/aromatic N) is 4. The molecule has 12 amide bonds. The third kappa shape index (κ3) is 22.5. The number of carbonyl (C=O) groups excluding carboxylic acids is 12. The summed E-state index contributed by atoms with van der Waals surface area (Å²) in [7, 11) is 7.69. The molecule has 4 aromatic carbocycles. The predicted molar refractivity (Wildman–Crippen MR) is 409 cm³/mol. The van der Waals surface area contributed by atoms with Crippen molar-refractivity contribution in [2.24, 2.45) is 0 Å². The van der Waals surface area contributed by atoms with Crippen LogP contribution in [0, 0.1) is 5.82 Å². The molecule has 6 aliphatic heterocycles. The van der Waals surface area contributed by atoms with Crippen molar-refractivity contribution >= 4 is 81.8 Å². The summed E-state index contributed by atoms with van der Waals surface area (Å²) in [6.45, 7) is 4.33. The highest BCUT2D eigenvalue weighted by Crippen LogP contribution is 2.33. The predicted octanol–water partition coefficient (Wildman–Crippen LogP) is 2.39. The number of ether oxygens (including phenoxy) is 2. The Kier molecular flexibility index (Phi) is 28.5. The maximum atomic E-state index is 16.2. The molecule has 11 N–H and O–H groups in total. The molecular formula is C81H108FN14O15+. The van der Waals surface area contributed by atoms with Crippen LogP contribution in [0.3, 0.4) is 0 Å². The molecule has 2 fully saturated rings. The van der Waals surface area contributed by atoms with Crippen LogP contribution in [0.4, 0.5) is 4.39 Å². The number of hydrogen-bond acceptors (Lipinski definition) is 15. The first-order valence-corrected chi connectivity index (χ1v) is 38.7. The molecule has 11 rings (SSSR count). The Hall–Kier alpha value is -10.3. The second-order valence-electron chi connectivity index (χ2n) is 31.2. The van der Waals surface area contributed by atoms with Crippen LogP contribution < -0.4 is 57.9 Å². The number of unbranched alkanes of at least 4 members (excludes halogenated alkanes) is 2. The van der Waals surface area contributed by atoms with Crippen molar-refractivity contribution in [3.63, 3.8) is 0 Å². The zero-order valence-corrected chi connectivity index (χ0v) is 64.5. The van der Waals surface area contributed by atoms with E-state index < -0.39 is 156 Å². The molecule has 0 spiro atoms. The maximum absolute atomic E-state index is 16.2. The third-order valence-corrected chi connectivity index (χ3v) is 21.5. The molecule has 12 bridgehead atoms. The number of aliphatic hydroxyl groups excluding tert-OH is 1. The molecule has 6 aliphatic rings. The smallest absolute Gasteiger partial charge is 0.246 e. The van der Waals surface area contributed by atoms with Gasteiger partial charge in [-0.15, -0.1) is 0 Å². The summed E-state index contributed by atoms with van der Waals surface area (Å²) >= 11 is 0.